The first-order valence-corrected chi connectivity index (χ1v) is 12.8. The van der Waals surface area contributed by atoms with Gasteiger partial charge in [-0.1, -0.05) is 0 Å². The molecule has 2 N–H and O–H groups in total. The Hall–Kier alpha value is -2.76. The summed E-state index contributed by atoms with van der Waals surface area (Å²) in [5.74, 6) is -1.21. The van der Waals surface area contributed by atoms with Crippen molar-refractivity contribution in [2.24, 2.45) is 0 Å². The Kier molecular flexibility index (Phi) is 6.30. The topological polar surface area (TPSA) is 108 Å². The molecule has 182 valence electrons. The average Bonchev–Trinajstić information content (AvgIpc) is 2.74. The van der Waals surface area contributed by atoms with Gasteiger partial charge in [-0.25, -0.2) is 31.5 Å². The number of hydrogen-bond acceptors (Lipinski definition) is 7. The number of pyridine rings is 1. The number of nitrogens with one attached hydrogen (secondary N) is 1. The fourth-order valence-electron chi connectivity index (χ4n) is 4.21. The number of anilines is 1. The van der Waals surface area contributed by atoms with Crippen LogP contribution in [-0.4, -0.2) is 58.2 Å². The van der Waals surface area contributed by atoms with Crippen LogP contribution in [0.15, 0.2) is 24.4 Å². The predicted molar refractivity (Wildman–Crippen MR) is 126 cm³/mol. The van der Waals surface area contributed by atoms with Crippen LogP contribution in [0.1, 0.15) is 37.9 Å². The van der Waals surface area contributed by atoms with Crippen molar-refractivity contribution in [3.8, 4) is 11.3 Å². The standard InChI is InChI=1S/C23H27F2N5O3S/c1-13-9-17(23(2,3)31)16-10-14(11-18(24)21(16)27-13)20-19(25)12-26-22(29-20)28-15-5-7-30(8-6-15)34(4,32)33/h9-12,15,31H,5-8H2,1-4H3,(H,26,28,29). The maximum absolute atomic E-state index is 15.0. The van der Waals surface area contributed by atoms with Gasteiger partial charge in [0.25, 0.3) is 0 Å². The molecule has 1 fully saturated rings. The van der Waals surface area contributed by atoms with E-state index in [-0.39, 0.29) is 28.8 Å². The number of rotatable bonds is 5. The molecular weight excluding hydrogens is 464 g/mol. The molecule has 11 heteroatoms. The summed E-state index contributed by atoms with van der Waals surface area (Å²) in [7, 11) is -3.24. The van der Waals surface area contributed by atoms with Gasteiger partial charge in [0.1, 0.15) is 17.0 Å². The van der Waals surface area contributed by atoms with Crippen LogP contribution < -0.4 is 5.32 Å². The second-order valence-corrected chi connectivity index (χ2v) is 11.2. The molecule has 3 aromatic rings. The molecule has 8 nitrogen and oxygen atoms in total. The van der Waals surface area contributed by atoms with Crippen molar-refractivity contribution in [2.75, 3.05) is 24.7 Å². The first-order chi connectivity index (χ1) is 15.8. The van der Waals surface area contributed by atoms with Gasteiger partial charge in [0.05, 0.1) is 18.1 Å². The molecule has 1 aliphatic rings. The van der Waals surface area contributed by atoms with Crippen molar-refractivity contribution < 1.29 is 22.3 Å². The van der Waals surface area contributed by atoms with Crippen molar-refractivity contribution in [3.05, 3.63) is 47.3 Å². The van der Waals surface area contributed by atoms with E-state index in [0.29, 0.717) is 42.6 Å². The summed E-state index contributed by atoms with van der Waals surface area (Å²) in [6.07, 6.45) is 3.29. The monoisotopic (exact) mass is 491 g/mol. The molecule has 2 aromatic heterocycles. The van der Waals surface area contributed by atoms with E-state index in [1.807, 2.05) is 0 Å². The summed E-state index contributed by atoms with van der Waals surface area (Å²) in [4.78, 5) is 12.5. The van der Waals surface area contributed by atoms with Crippen LogP contribution in [0.25, 0.3) is 22.2 Å². The fourth-order valence-corrected chi connectivity index (χ4v) is 5.08. The van der Waals surface area contributed by atoms with Crippen molar-refractivity contribution in [3.63, 3.8) is 0 Å². The number of piperidine rings is 1. The highest BCUT2D eigenvalue weighted by molar-refractivity contribution is 7.88. The molecule has 0 atom stereocenters. The number of aromatic nitrogens is 3. The molecule has 0 bridgehead atoms. The maximum atomic E-state index is 15.0. The smallest absolute Gasteiger partial charge is 0.223 e. The molecule has 0 unspecified atom stereocenters. The average molecular weight is 492 g/mol. The minimum atomic E-state index is -3.24. The minimum absolute atomic E-state index is 0.0846. The highest BCUT2D eigenvalue weighted by Crippen LogP contribution is 2.34. The number of aryl methyl sites for hydroxylation is 1. The third kappa shape index (κ3) is 5.01. The summed E-state index contributed by atoms with van der Waals surface area (Å²) >= 11 is 0. The minimum Gasteiger partial charge on any atom is -0.386 e. The van der Waals surface area contributed by atoms with E-state index in [4.69, 9.17) is 0 Å². The lowest BCUT2D eigenvalue weighted by atomic mass is 9.92. The first-order valence-electron chi connectivity index (χ1n) is 10.9. The van der Waals surface area contributed by atoms with E-state index in [1.54, 1.807) is 32.9 Å². The Labute approximate surface area is 197 Å². The molecule has 0 spiro atoms. The van der Waals surface area contributed by atoms with Gasteiger partial charge in [0.2, 0.25) is 16.0 Å². The van der Waals surface area contributed by atoms with E-state index >= 15 is 4.39 Å². The number of sulfonamides is 1. The van der Waals surface area contributed by atoms with Gasteiger partial charge in [-0.3, -0.25) is 4.98 Å². The SMILES string of the molecule is Cc1cc(C(C)(C)O)c2cc(-c3nc(NC4CCN(S(C)(=O)=O)CC4)ncc3F)cc(F)c2n1. The van der Waals surface area contributed by atoms with E-state index in [0.717, 1.165) is 6.20 Å². The van der Waals surface area contributed by atoms with Gasteiger partial charge < -0.3 is 10.4 Å². The molecule has 0 aliphatic carbocycles. The number of benzene rings is 1. The lowest BCUT2D eigenvalue weighted by molar-refractivity contribution is 0.0800. The quantitative estimate of drug-likeness (QED) is 0.564. The first kappa shape index (κ1) is 24.4. The Morgan fingerprint density at radius 2 is 1.79 bits per heavy atom. The van der Waals surface area contributed by atoms with Crippen LogP contribution >= 0.6 is 0 Å². The highest BCUT2D eigenvalue weighted by atomic mass is 32.2. The lowest BCUT2D eigenvalue weighted by Crippen LogP contribution is -2.42. The molecule has 0 saturated carbocycles. The third-order valence-electron chi connectivity index (χ3n) is 5.93. The Morgan fingerprint density at radius 3 is 2.41 bits per heavy atom. The van der Waals surface area contributed by atoms with Gasteiger partial charge >= 0.3 is 0 Å². The molecule has 1 saturated heterocycles. The zero-order valence-electron chi connectivity index (χ0n) is 19.4. The molecule has 34 heavy (non-hydrogen) atoms. The van der Waals surface area contributed by atoms with Gasteiger partial charge in [-0.15, -0.1) is 0 Å². The summed E-state index contributed by atoms with van der Waals surface area (Å²) in [6.45, 7) is 5.63. The maximum Gasteiger partial charge on any atom is 0.223 e. The van der Waals surface area contributed by atoms with Crippen LogP contribution in [0, 0.1) is 18.6 Å². The molecule has 0 amide bonds. The molecule has 3 heterocycles. The van der Waals surface area contributed by atoms with Crippen LogP contribution in [0.3, 0.4) is 0 Å². The summed E-state index contributed by atoms with van der Waals surface area (Å²) in [6, 6.07) is 4.33. The Balaban J connectivity index is 1.68. The number of hydrogen-bond donors (Lipinski definition) is 2. The van der Waals surface area contributed by atoms with Crippen LogP contribution in [0.5, 0.6) is 0 Å². The zero-order valence-corrected chi connectivity index (χ0v) is 20.2. The molecule has 1 aliphatic heterocycles. The zero-order chi connectivity index (χ0) is 24.8. The second kappa shape index (κ2) is 8.79. The molecule has 4 rings (SSSR count). The summed E-state index contributed by atoms with van der Waals surface area (Å²) in [5.41, 5.74) is -0.0510. The Morgan fingerprint density at radius 1 is 1.12 bits per heavy atom. The van der Waals surface area contributed by atoms with Crippen molar-refractivity contribution in [1.29, 1.82) is 0 Å². The number of halogens is 2. The van der Waals surface area contributed by atoms with Gasteiger partial charge in [-0.2, -0.15) is 0 Å². The predicted octanol–water partition coefficient (Wildman–Crippen LogP) is 3.34. The van der Waals surface area contributed by atoms with Gasteiger partial charge in [-0.05, 0) is 57.4 Å². The summed E-state index contributed by atoms with van der Waals surface area (Å²) in [5, 5.41) is 14.1. The number of nitrogens with zero attached hydrogens (tertiary/aromatic N) is 4. The summed E-state index contributed by atoms with van der Waals surface area (Å²) < 4.78 is 54.6. The molecule has 1 aromatic carbocycles. The fraction of sp³-hybridized carbons (Fsp3) is 0.435. The van der Waals surface area contributed by atoms with Gasteiger partial charge in [0, 0.05) is 35.8 Å². The van der Waals surface area contributed by atoms with Crippen molar-refractivity contribution in [2.45, 2.75) is 45.3 Å². The third-order valence-corrected chi connectivity index (χ3v) is 7.23. The van der Waals surface area contributed by atoms with Crippen LogP contribution in [0.4, 0.5) is 14.7 Å². The number of fused-ring (bicyclic) bond motifs is 1. The van der Waals surface area contributed by atoms with Crippen molar-refractivity contribution >= 4 is 26.9 Å². The molecular formula is C23H27F2N5O3S. The number of aliphatic hydroxyl groups is 1. The normalized spacial score (nSPS) is 16.2. The van der Waals surface area contributed by atoms with E-state index in [9.17, 15) is 17.9 Å². The van der Waals surface area contributed by atoms with Crippen LogP contribution in [-0.2, 0) is 15.6 Å². The van der Waals surface area contributed by atoms with Crippen LogP contribution in [0.2, 0.25) is 0 Å². The lowest BCUT2D eigenvalue weighted by Gasteiger charge is -2.30. The second-order valence-electron chi connectivity index (χ2n) is 9.20. The van der Waals surface area contributed by atoms with E-state index < -0.39 is 27.3 Å². The van der Waals surface area contributed by atoms with E-state index in [2.05, 4.69) is 20.3 Å². The molecule has 0 radical (unpaired) electrons. The largest absolute Gasteiger partial charge is 0.386 e. The van der Waals surface area contributed by atoms with Gasteiger partial charge in [0.15, 0.2) is 5.82 Å². The highest BCUT2D eigenvalue weighted by Gasteiger charge is 2.26. The van der Waals surface area contributed by atoms with Crippen molar-refractivity contribution in [1.82, 2.24) is 19.3 Å². The van der Waals surface area contributed by atoms with E-state index in [1.165, 1.54) is 16.6 Å². The Bertz CT molecular complexity index is 1350.